The maximum atomic E-state index is 9.52. The molecule has 1 saturated heterocycles. The van der Waals surface area contributed by atoms with Crippen molar-refractivity contribution in [1.82, 2.24) is 0 Å². The smallest absolute Gasteiger partial charge is 0.0612 e. The molecule has 0 aromatic heterocycles. The van der Waals surface area contributed by atoms with Crippen LogP contribution in [-0.2, 0) is 4.74 Å². The Kier molecular flexibility index (Phi) is 3.98. The van der Waals surface area contributed by atoms with E-state index in [9.17, 15) is 5.11 Å². The number of rotatable bonds is 3. The fourth-order valence-electron chi connectivity index (χ4n) is 1.52. The highest BCUT2D eigenvalue weighted by Crippen LogP contribution is 2.20. The van der Waals surface area contributed by atoms with Crippen molar-refractivity contribution in [3.63, 3.8) is 0 Å². The highest BCUT2D eigenvalue weighted by molar-refractivity contribution is 4.73. The zero-order valence-electron chi connectivity index (χ0n) is 7.57. The summed E-state index contributed by atoms with van der Waals surface area (Å²) in [7, 11) is 0. The Bertz CT molecular complexity index is 125. The van der Waals surface area contributed by atoms with Gasteiger partial charge in [0.25, 0.3) is 0 Å². The molecule has 0 aromatic carbocycles. The molecule has 3 nitrogen and oxygen atoms in total. The van der Waals surface area contributed by atoms with Crippen LogP contribution < -0.4 is 0 Å². The molecule has 3 heteroatoms. The molecule has 0 aliphatic carbocycles. The van der Waals surface area contributed by atoms with Crippen LogP contribution >= 0.6 is 0 Å². The summed E-state index contributed by atoms with van der Waals surface area (Å²) in [5.41, 5.74) is 0. The van der Waals surface area contributed by atoms with E-state index in [1.54, 1.807) is 6.92 Å². The first-order valence-corrected chi connectivity index (χ1v) is 4.64. The fourth-order valence-corrected chi connectivity index (χ4v) is 1.52. The van der Waals surface area contributed by atoms with E-state index in [4.69, 9.17) is 9.84 Å². The lowest BCUT2D eigenvalue weighted by Crippen LogP contribution is -2.32. The molecule has 72 valence electrons. The van der Waals surface area contributed by atoms with Gasteiger partial charge in [-0.05, 0) is 26.2 Å². The maximum absolute atomic E-state index is 9.52. The second kappa shape index (κ2) is 4.80. The van der Waals surface area contributed by atoms with Crippen molar-refractivity contribution in [2.45, 2.75) is 38.4 Å². The van der Waals surface area contributed by atoms with Crippen LogP contribution in [0.5, 0.6) is 0 Å². The van der Waals surface area contributed by atoms with E-state index in [0.29, 0.717) is 13.2 Å². The summed E-state index contributed by atoms with van der Waals surface area (Å²) in [6.45, 7) is 3.09. The third-order valence-corrected chi connectivity index (χ3v) is 2.39. The fraction of sp³-hybridized carbons (Fsp3) is 1.00. The molecule has 1 aliphatic rings. The zero-order valence-corrected chi connectivity index (χ0v) is 7.57. The van der Waals surface area contributed by atoms with E-state index >= 15 is 0 Å². The van der Waals surface area contributed by atoms with Crippen LogP contribution in [0, 0.1) is 5.92 Å². The van der Waals surface area contributed by atoms with Crippen molar-refractivity contribution < 1.29 is 14.9 Å². The Morgan fingerprint density at radius 3 is 2.92 bits per heavy atom. The summed E-state index contributed by atoms with van der Waals surface area (Å²) in [5.74, 6) is 0.230. The first kappa shape index (κ1) is 9.96. The average molecular weight is 174 g/mol. The van der Waals surface area contributed by atoms with Gasteiger partial charge in [-0.2, -0.15) is 0 Å². The molecule has 3 atom stereocenters. The summed E-state index contributed by atoms with van der Waals surface area (Å²) >= 11 is 0. The van der Waals surface area contributed by atoms with Crippen molar-refractivity contribution in [3.8, 4) is 0 Å². The van der Waals surface area contributed by atoms with E-state index in [1.807, 2.05) is 0 Å². The molecule has 1 fully saturated rings. The largest absolute Gasteiger partial charge is 0.393 e. The molecule has 1 rings (SSSR count). The van der Waals surface area contributed by atoms with Crippen LogP contribution in [-0.4, -0.2) is 35.6 Å². The third-order valence-electron chi connectivity index (χ3n) is 2.39. The molecule has 2 N–H and O–H groups in total. The number of hydrogen-bond acceptors (Lipinski definition) is 3. The van der Waals surface area contributed by atoms with E-state index in [-0.39, 0.29) is 18.1 Å². The van der Waals surface area contributed by atoms with Gasteiger partial charge < -0.3 is 14.9 Å². The van der Waals surface area contributed by atoms with Crippen molar-refractivity contribution in [3.05, 3.63) is 0 Å². The predicted molar refractivity (Wildman–Crippen MR) is 45.8 cm³/mol. The van der Waals surface area contributed by atoms with Crippen molar-refractivity contribution in [2.75, 3.05) is 13.2 Å². The zero-order chi connectivity index (χ0) is 8.97. The van der Waals surface area contributed by atoms with Crippen LogP contribution in [0.2, 0.25) is 0 Å². The van der Waals surface area contributed by atoms with E-state index in [2.05, 4.69) is 0 Å². The van der Waals surface area contributed by atoms with Gasteiger partial charge in [0.2, 0.25) is 0 Å². The standard InChI is InChI=1S/C9H18O3/c1-7(10)2-3-8-6-12-5-4-9(8)11/h7-11H,2-6H2,1H3. The monoisotopic (exact) mass is 174 g/mol. The van der Waals surface area contributed by atoms with Crippen molar-refractivity contribution in [1.29, 1.82) is 0 Å². The molecule has 0 amide bonds. The van der Waals surface area contributed by atoms with E-state index in [1.165, 1.54) is 0 Å². The summed E-state index contributed by atoms with van der Waals surface area (Å²) in [5, 5.41) is 18.6. The molecule has 0 saturated carbocycles. The minimum atomic E-state index is -0.265. The van der Waals surface area contributed by atoms with E-state index in [0.717, 1.165) is 19.3 Å². The van der Waals surface area contributed by atoms with Gasteiger partial charge in [0.05, 0.1) is 18.8 Å². The number of ether oxygens (including phenoxy) is 1. The first-order chi connectivity index (χ1) is 5.70. The molecule has 3 unspecified atom stereocenters. The Hall–Kier alpha value is -0.120. The molecule has 0 bridgehead atoms. The van der Waals surface area contributed by atoms with Crippen LogP contribution in [0.4, 0.5) is 0 Å². The van der Waals surface area contributed by atoms with Gasteiger partial charge in [0.15, 0.2) is 0 Å². The van der Waals surface area contributed by atoms with Crippen LogP contribution in [0.1, 0.15) is 26.2 Å². The molecular formula is C9H18O3. The highest BCUT2D eigenvalue weighted by Gasteiger charge is 2.23. The van der Waals surface area contributed by atoms with Gasteiger partial charge in [-0.15, -0.1) is 0 Å². The second-order valence-electron chi connectivity index (χ2n) is 3.62. The van der Waals surface area contributed by atoms with Crippen LogP contribution in [0.25, 0.3) is 0 Å². The summed E-state index contributed by atoms with van der Waals surface area (Å²) < 4.78 is 5.24. The number of hydrogen-bond donors (Lipinski definition) is 2. The highest BCUT2D eigenvalue weighted by atomic mass is 16.5. The average Bonchev–Trinajstić information content (AvgIpc) is 2.03. The van der Waals surface area contributed by atoms with Crippen molar-refractivity contribution >= 4 is 0 Å². The van der Waals surface area contributed by atoms with Crippen LogP contribution in [0.15, 0.2) is 0 Å². The van der Waals surface area contributed by atoms with Gasteiger partial charge in [-0.25, -0.2) is 0 Å². The van der Waals surface area contributed by atoms with Gasteiger partial charge in [-0.3, -0.25) is 0 Å². The lowest BCUT2D eigenvalue weighted by atomic mass is 9.93. The third kappa shape index (κ3) is 3.09. The normalized spacial score (nSPS) is 33.2. The van der Waals surface area contributed by atoms with Crippen LogP contribution in [0.3, 0.4) is 0 Å². The number of aliphatic hydroxyl groups is 2. The van der Waals surface area contributed by atoms with Crippen molar-refractivity contribution in [2.24, 2.45) is 5.92 Å². The van der Waals surface area contributed by atoms with Gasteiger partial charge in [-0.1, -0.05) is 0 Å². The molecular weight excluding hydrogens is 156 g/mol. The summed E-state index contributed by atoms with van der Waals surface area (Å²) in [6, 6.07) is 0. The maximum Gasteiger partial charge on any atom is 0.0612 e. The Morgan fingerprint density at radius 2 is 2.33 bits per heavy atom. The summed E-state index contributed by atoms with van der Waals surface area (Å²) in [4.78, 5) is 0. The van der Waals surface area contributed by atoms with E-state index < -0.39 is 0 Å². The lowest BCUT2D eigenvalue weighted by Gasteiger charge is -2.27. The molecule has 0 aromatic rings. The minimum Gasteiger partial charge on any atom is -0.393 e. The van der Waals surface area contributed by atoms with Gasteiger partial charge >= 0.3 is 0 Å². The topological polar surface area (TPSA) is 49.7 Å². The molecule has 1 heterocycles. The molecule has 12 heavy (non-hydrogen) atoms. The Labute approximate surface area is 73.4 Å². The Balaban J connectivity index is 2.20. The molecule has 1 aliphatic heterocycles. The predicted octanol–water partition coefficient (Wildman–Crippen LogP) is 0.545. The lowest BCUT2D eigenvalue weighted by molar-refractivity contribution is -0.0416. The summed E-state index contributed by atoms with van der Waals surface area (Å²) in [6.07, 6.45) is 1.87. The van der Waals surface area contributed by atoms with Gasteiger partial charge in [0, 0.05) is 12.5 Å². The quantitative estimate of drug-likeness (QED) is 0.656. The first-order valence-electron chi connectivity index (χ1n) is 4.64. The molecule has 0 radical (unpaired) electrons. The minimum absolute atomic E-state index is 0.225. The molecule has 0 spiro atoms. The Morgan fingerprint density at radius 1 is 1.58 bits per heavy atom. The second-order valence-corrected chi connectivity index (χ2v) is 3.62. The SMILES string of the molecule is CC(O)CCC1COCCC1O. The number of aliphatic hydroxyl groups excluding tert-OH is 2. The van der Waals surface area contributed by atoms with Gasteiger partial charge in [0.1, 0.15) is 0 Å².